The molecule has 0 radical (unpaired) electrons. The molecule has 0 saturated heterocycles. The summed E-state index contributed by atoms with van der Waals surface area (Å²) in [6, 6.07) is 10.7. The summed E-state index contributed by atoms with van der Waals surface area (Å²) in [5.74, 6) is 3.95. The number of benzene rings is 1. The van der Waals surface area contributed by atoms with Crippen molar-refractivity contribution in [2.75, 3.05) is 0 Å². The van der Waals surface area contributed by atoms with Crippen LogP contribution in [0.5, 0.6) is 0 Å². The molecule has 140 valence electrons. The maximum Gasteiger partial charge on any atom is 0.234 e. The average Bonchev–Trinajstić information content (AvgIpc) is 3.22. The Morgan fingerprint density at radius 1 is 0.926 bits per heavy atom. The third-order valence-electron chi connectivity index (χ3n) is 7.24. The van der Waals surface area contributed by atoms with Crippen LogP contribution in [0.2, 0.25) is 0 Å². The molecule has 2 aromatic heterocycles. The second-order valence-corrected chi connectivity index (χ2v) is 10.3. The van der Waals surface area contributed by atoms with E-state index in [0.29, 0.717) is 0 Å². The van der Waals surface area contributed by atoms with E-state index in [4.69, 9.17) is 5.10 Å². The molecular formula is C22H26N4S. The molecule has 27 heavy (non-hydrogen) atoms. The van der Waals surface area contributed by atoms with Gasteiger partial charge in [0.1, 0.15) is 5.01 Å². The Balaban J connectivity index is 1.24. The molecule has 0 amide bonds. The number of rotatable bonds is 5. The van der Waals surface area contributed by atoms with Crippen molar-refractivity contribution < 1.29 is 0 Å². The SMILES string of the molecule is c1ccc(CCCc2nn3c(C45CC6CC(CC(C6)C4)C5)nnc3s2)cc1. The number of nitrogens with zero attached hydrogens (tertiary/aromatic N) is 4. The maximum atomic E-state index is 4.97. The van der Waals surface area contributed by atoms with Gasteiger partial charge in [-0.3, -0.25) is 0 Å². The zero-order valence-corrected chi connectivity index (χ0v) is 16.5. The maximum absolute atomic E-state index is 4.97. The molecule has 4 nitrogen and oxygen atoms in total. The predicted octanol–water partition coefficient (Wildman–Crippen LogP) is 4.83. The number of aromatic nitrogens is 4. The van der Waals surface area contributed by atoms with Gasteiger partial charge in [0.25, 0.3) is 0 Å². The average molecular weight is 379 g/mol. The minimum absolute atomic E-state index is 0.267. The molecular weight excluding hydrogens is 352 g/mol. The lowest BCUT2D eigenvalue weighted by molar-refractivity contribution is -0.0103. The minimum Gasteiger partial charge on any atom is -0.187 e. The molecule has 3 aromatic rings. The van der Waals surface area contributed by atoms with Gasteiger partial charge < -0.3 is 0 Å². The highest BCUT2D eigenvalue weighted by atomic mass is 32.1. The Kier molecular flexibility index (Phi) is 3.68. The van der Waals surface area contributed by atoms with Crippen LogP contribution in [-0.2, 0) is 18.3 Å². The largest absolute Gasteiger partial charge is 0.234 e. The molecule has 4 aliphatic rings. The van der Waals surface area contributed by atoms with E-state index in [0.717, 1.165) is 42.0 Å². The molecule has 4 bridgehead atoms. The molecule has 1 aromatic carbocycles. The van der Waals surface area contributed by atoms with Gasteiger partial charge in [0, 0.05) is 11.8 Å². The van der Waals surface area contributed by atoms with Crippen LogP contribution < -0.4 is 0 Å². The highest BCUT2D eigenvalue weighted by molar-refractivity contribution is 7.16. The second-order valence-electron chi connectivity index (χ2n) is 9.25. The van der Waals surface area contributed by atoms with Crippen molar-refractivity contribution in [2.45, 2.75) is 63.2 Å². The van der Waals surface area contributed by atoms with Crippen molar-refractivity contribution in [3.63, 3.8) is 0 Å². The monoisotopic (exact) mass is 378 g/mol. The van der Waals surface area contributed by atoms with Crippen LogP contribution in [0.15, 0.2) is 30.3 Å². The van der Waals surface area contributed by atoms with Gasteiger partial charge in [-0.05, 0) is 74.7 Å². The molecule has 4 fully saturated rings. The molecule has 0 spiro atoms. The lowest BCUT2D eigenvalue weighted by Gasteiger charge is -2.55. The van der Waals surface area contributed by atoms with E-state index in [9.17, 15) is 0 Å². The van der Waals surface area contributed by atoms with Gasteiger partial charge in [0.2, 0.25) is 4.96 Å². The van der Waals surface area contributed by atoms with Gasteiger partial charge in [-0.1, -0.05) is 41.7 Å². The van der Waals surface area contributed by atoms with Gasteiger partial charge in [-0.2, -0.15) is 9.61 Å². The van der Waals surface area contributed by atoms with Crippen LogP contribution in [0.4, 0.5) is 0 Å². The highest BCUT2D eigenvalue weighted by Crippen LogP contribution is 2.60. The van der Waals surface area contributed by atoms with Crippen LogP contribution >= 0.6 is 11.3 Å². The Hall–Kier alpha value is -1.75. The summed E-state index contributed by atoms with van der Waals surface area (Å²) in [4.78, 5) is 0.996. The third kappa shape index (κ3) is 2.74. The molecule has 4 saturated carbocycles. The van der Waals surface area contributed by atoms with E-state index in [1.807, 2.05) is 0 Å². The molecule has 7 rings (SSSR count). The normalized spacial score (nSPS) is 31.8. The molecule has 4 aliphatic carbocycles. The zero-order valence-electron chi connectivity index (χ0n) is 15.7. The summed E-state index contributed by atoms with van der Waals surface area (Å²) in [5, 5.41) is 15.4. The first-order valence-corrected chi connectivity index (χ1v) is 11.3. The van der Waals surface area contributed by atoms with Crippen molar-refractivity contribution in [3.05, 3.63) is 46.7 Å². The van der Waals surface area contributed by atoms with E-state index < -0.39 is 0 Å². The van der Waals surface area contributed by atoms with Crippen molar-refractivity contribution in [3.8, 4) is 0 Å². The van der Waals surface area contributed by atoms with Crippen molar-refractivity contribution in [1.29, 1.82) is 0 Å². The number of hydrogen-bond donors (Lipinski definition) is 0. The third-order valence-corrected chi connectivity index (χ3v) is 8.20. The fourth-order valence-electron chi connectivity index (χ4n) is 6.56. The smallest absolute Gasteiger partial charge is 0.187 e. The van der Waals surface area contributed by atoms with Crippen molar-refractivity contribution in [1.82, 2.24) is 19.8 Å². The molecule has 0 aliphatic heterocycles. The van der Waals surface area contributed by atoms with Gasteiger partial charge in [-0.15, -0.1) is 10.2 Å². The van der Waals surface area contributed by atoms with Crippen LogP contribution in [0.1, 0.15) is 61.3 Å². The molecule has 2 heterocycles. The highest BCUT2D eigenvalue weighted by Gasteiger charge is 2.54. The number of hydrogen-bond acceptors (Lipinski definition) is 4. The van der Waals surface area contributed by atoms with E-state index in [1.165, 1.54) is 54.9 Å². The van der Waals surface area contributed by atoms with E-state index in [2.05, 4.69) is 45.0 Å². The minimum atomic E-state index is 0.267. The summed E-state index contributed by atoms with van der Waals surface area (Å²) in [5.41, 5.74) is 1.68. The van der Waals surface area contributed by atoms with Crippen LogP contribution in [0, 0.1) is 17.8 Å². The Morgan fingerprint density at radius 3 is 2.33 bits per heavy atom. The molecule has 0 unspecified atom stereocenters. The van der Waals surface area contributed by atoms with Crippen molar-refractivity contribution in [2.24, 2.45) is 17.8 Å². The summed E-state index contributed by atoms with van der Waals surface area (Å²) >= 11 is 1.74. The Labute approximate surface area is 164 Å². The topological polar surface area (TPSA) is 43.1 Å². The van der Waals surface area contributed by atoms with Crippen molar-refractivity contribution >= 4 is 16.3 Å². The second kappa shape index (κ2) is 6.13. The fraction of sp³-hybridized carbons (Fsp3) is 0.591. The molecule has 0 atom stereocenters. The van der Waals surface area contributed by atoms with Gasteiger partial charge in [0.05, 0.1) is 0 Å². The summed E-state index contributed by atoms with van der Waals surface area (Å²) < 4.78 is 2.12. The summed E-state index contributed by atoms with van der Waals surface area (Å²) in [6.45, 7) is 0. The summed E-state index contributed by atoms with van der Waals surface area (Å²) in [6.07, 6.45) is 11.6. The number of fused-ring (bicyclic) bond motifs is 1. The van der Waals surface area contributed by atoms with E-state index in [1.54, 1.807) is 11.3 Å². The van der Waals surface area contributed by atoms with Gasteiger partial charge >= 0.3 is 0 Å². The lowest BCUT2D eigenvalue weighted by atomic mass is 9.49. The standard InChI is InChI=1S/C22H26N4S/c1-2-5-15(6-3-1)7-4-8-19-25-26-20(23-24-21(26)27-19)22-12-16-9-17(13-22)11-18(10-16)14-22/h1-3,5-6,16-18H,4,7-14H2. The van der Waals surface area contributed by atoms with Gasteiger partial charge in [-0.25, -0.2) is 0 Å². The Bertz CT molecular complexity index is 922. The molecule has 5 heteroatoms. The zero-order chi connectivity index (χ0) is 17.8. The first kappa shape index (κ1) is 16.2. The molecule has 0 N–H and O–H groups in total. The van der Waals surface area contributed by atoms with E-state index in [-0.39, 0.29) is 5.41 Å². The first-order chi connectivity index (χ1) is 13.3. The Morgan fingerprint density at radius 2 is 1.63 bits per heavy atom. The summed E-state index contributed by atoms with van der Waals surface area (Å²) in [7, 11) is 0. The van der Waals surface area contributed by atoms with E-state index >= 15 is 0 Å². The first-order valence-electron chi connectivity index (χ1n) is 10.5. The van der Waals surface area contributed by atoms with Crippen LogP contribution in [0.25, 0.3) is 4.96 Å². The van der Waals surface area contributed by atoms with Crippen LogP contribution in [-0.4, -0.2) is 19.8 Å². The quantitative estimate of drug-likeness (QED) is 0.639. The number of aryl methyl sites for hydroxylation is 2. The lowest BCUT2D eigenvalue weighted by Crippen LogP contribution is -2.49. The van der Waals surface area contributed by atoms with Crippen LogP contribution in [0.3, 0.4) is 0 Å². The predicted molar refractivity (Wildman–Crippen MR) is 107 cm³/mol. The van der Waals surface area contributed by atoms with Gasteiger partial charge in [0.15, 0.2) is 5.82 Å². The fourth-order valence-corrected chi connectivity index (χ4v) is 7.44.